The number of esters is 1. The van der Waals surface area contributed by atoms with Crippen LogP contribution in [0.5, 0.6) is 11.5 Å². The zero-order valence-electron chi connectivity index (χ0n) is 23.8. The van der Waals surface area contributed by atoms with Crippen LogP contribution in [0, 0.1) is 12.3 Å². The Morgan fingerprint density at radius 2 is 1.33 bits per heavy atom. The lowest BCUT2D eigenvalue weighted by molar-refractivity contribution is -0.200. The molecule has 3 unspecified atom stereocenters. The molecule has 0 radical (unpaired) electrons. The Hall–Kier alpha value is -4.41. The number of hydrogen-bond donors (Lipinski definition) is 0. The maximum Gasteiger partial charge on any atom is 0.343 e. The molecule has 1 saturated heterocycles. The van der Waals surface area contributed by atoms with Crippen molar-refractivity contribution in [1.29, 1.82) is 0 Å². The van der Waals surface area contributed by atoms with E-state index in [1.807, 2.05) is 54.6 Å². The van der Waals surface area contributed by atoms with Gasteiger partial charge in [0.15, 0.2) is 0 Å². The minimum absolute atomic E-state index is 0.0413. The van der Waals surface area contributed by atoms with Crippen LogP contribution in [0.4, 0.5) is 0 Å². The van der Waals surface area contributed by atoms with E-state index >= 15 is 0 Å². The average molecular weight is 565 g/mol. The maximum absolute atomic E-state index is 12.3. The Labute approximate surface area is 248 Å². The molecule has 0 aromatic heterocycles. The van der Waals surface area contributed by atoms with Gasteiger partial charge in [0.05, 0.1) is 37.6 Å². The van der Waals surface area contributed by atoms with Crippen molar-refractivity contribution < 1.29 is 28.5 Å². The van der Waals surface area contributed by atoms with Gasteiger partial charge in [0, 0.05) is 12.8 Å². The molecule has 0 aliphatic carbocycles. The highest BCUT2D eigenvalue weighted by Gasteiger charge is 2.32. The van der Waals surface area contributed by atoms with Gasteiger partial charge in [-0.05, 0) is 54.4 Å². The lowest BCUT2D eigenvalue weighted by atomic mass is 10.0. The van der Waals surface area contributed by atoms with E-state index in [0.29, 0.717) is 43.3 Å². The van der Waals surface area contributed by atoms with E-state index in [-0.39, 0.29) is 12.2 Å². The van der Waals surface area contributed by atoms with Gasteiger partial charge in [0.25, 0.3) is 0 Å². The first-order valence-corrected chi connectivity index (χ1v) is 14.0. The van der Waals surface area contributed by atoms with Gasteiger partial charge in [0.2, 0.25) is 6.29 Å². The highest BCUT2D eigenvalue weighted by atomic mass is 16.7. The molecule has 5 rings (SSSR count). The van der Waals surface area contributed by atoms with Crippen molar-refractivity contribution >= 4 is 5.97 Å². The lowest BCUT2D eigenvalue weighted by Crippen LogP contribution is -2.41. The molecule has 1 aliphatic rings. The van der Waals surface area contributed by atoms with E-state index in [0.717, 1.165) is 17.5 Å². The van der Waals surface area contributed by atoms with Crippen LogP contribution in [0.25, 0.3) is 0 Å². The van der Waals surface area contributed by atoms with Crippen molar-refractivity contribution in [2.45, 2.75) is 51.5 Å². The molecule has 1 heterocycles. The summed E-state index contributed by atoms with van der Waals surface area (Å²) in [6, 6.07) is 36.1. The summed E-state index contributed by atoms with van der Waals surface area (Å²) in [4.78, 5) is 12.3. The molecule has 0 amide bonds. The molecule has 0 spiro atoms. The number of carbonyl (C=O) groups excluding carboxylic acids is 1. The smallest absolute Gasteiger partial charge is 0.343 e. The molecule has 0 saturated carbocycles. The second-order valence-electron chi connectivity index (χ2n) is 9.71. The largest absolute Gasteiger partial charge is 0.465 e. The number of ether oxygens (including phenoxy) is 5. The Morgan fingerprint density at radius 1 is 0.786 bits per heavy atom. The van der Waals surface area contributed by atoms with Gasteiger partial charge in [-0.1, -0.05) is 78.9 Å². The topological polar surface area (TPSA) is 63.2 Å². The molecule has 0 N–H and O–H groups in total. The Morgan fingerprint density at radius 3 is 1.95 bits per heavy atom. The number of terminal acetylenes is 1. The van der Waals surface area contributed by atoms with E-state index in [2.05, 4.69) is 24.5 Å². The quantitative estimate of drug-likeness (QED) is 0.109. The van der Waals surface area contributed by atoms with Crippen molar-refractivity contribution in [2.24, 2.45) is 0 Å². The first-order valence-electron chi connectivity index (χ1n) is 14.0. The van der Waals surface area contributed by atoms with Gasteiger partial charge < -0.3 is 23.7 Å². The van der Waals surface area contributed by atoms with Crippen molar-refractivity contribution in [3.63, 3.8) is 0 Å². The normalized spacial score (nSPS) is 17.7. The highest BCUT2D eigenvalue weighted by Crippen LogP contribution is 2.27. The van der Waals surface area contributed by atoms with Crippen LogP contribution in [0.2, 0.25) is 0 Å². The zero-order chi connectivity index (χ0) is 29.4. The molecule has 1 aliphatic heterocycles. The van der Waals surface area contributed by atoms with E-state index < -0.39 is 12.3 Å². The predicted molar refractivity (Wildman–Crippen MR) is 162 cm³/mol. The van der Waals surface area contributed by atoms with Gasteiger partial charge in [-0.15, -0.1) is 12.3 Å². The minimum atomic E-state index is -0.498. The van der Waals surface area contributed by atoms with Crippen molar-refractivity contribution in [2.75, 3.05) is 6.61 Å². The maximum atomic E-state index is 12.3. The van der Waals surface area contributed by atoms with Crippen LogP contribution in [-0.4, -0.2) is 31.1 Å². The molecule has 216 valence electrons. The lowest BCUT2D eigenvalue weighted by Gasteiger charge is -2.35. The second-order valence-corrected chi connectivity index (χ2v) is 9.71. The van der Waals surface area contributed by atoms with E-state index in [9.17, 15) is 4.79 Å². The monoisotopic (exact) mass is 564 g/mol. The SMILES string of the molecule is C#CC.O=C(Oc1ccc(OC2CC(OCc3ccccc3)CC(COCc3ccccc3)O2)cc1)c1ccccc1. The van der Waals surface area contributed by atoms with E-state index in [4.69, 9.17) is 23.7 Å². The predicted octanol–water partition coefficient (Wildman–Crippen LogP) is 7.23. The molecule has 0 bridgehead atoms. The van der Waals surface area contributed by atoms with Crippen LogP contribution in [0.15, 0.2) is 115 Å². The third-order valence-electron chi connectivity index (χ3n) is 6.38. The van der Waals surface area contributed by atoms with Gasteiger partial charge in [-0.25, -0.2) is 4.79 Å². The van der Waals surface area contributed by atoms with Gasteiger partial charge in [-0.3, -0.25) is 0 Å². The third-order valence-corrected chi connectivity index (χ3v) is 6.38. The third kappa shape index (κ3) is 10.2. The van der Waals surface area contributed by atoms with Gasteiger partial charge in [0.1, 0.15) is 11.5 Å². The summed E-state index contributed by atoms with van der Waals surface area (Å²) >= 11 is 0. The van der Waals surface area contributed by atoms with Crippen molar-refractivity contribution in [3.05, 3.63) is 132 Å². The number of rotatable bonds is 11. The van der Waals surface area contributed by atoms with Gasteiger partial charge in [-0.2, -0.15) is 0 Å². The first-order chi connectivity index (χ1) is 20.6. The van der Waals surface area contributed by atoms with Crippen LogP contribution in [0.3, 0.4) is 0 Å². The second kappa shape index (κ2) is 16.8. The summed E-state index contributed by atoms with van der Waals surface area (Å²) in [5.74, 6) is 2.90. The summed E-state index contributed by atoms with van der Waals surface area (Å²) < 4.78 is 30.1. The van der Waals surface area contributed by atoms with E-state index in [1.165, 1.54) is 0 Å². The highest BCUT2D eigenvalue weighted by molar-refractivity contribution is 5.90. The van der Waals surface area contributed by atoms with Crippen LogP contribution >= 0.6 is 0 Å². The fraction of sp³-hybridized carbons (Fsp3) is 0.250. The molecule has 3 atom stereocenters. The molecular formula is C36H36O6. The van der Waals surface area contributed by atoms with E-state index in [1.54, 1.807) is 55.5 Å². The standard InChI is InChI=1S/C33H32O6.C3H4/c34-33(27-14-8-3-9-15-27)39-29-18-16-28(17-19-29)37-32-21-30(36-23-26-12-6-2-7-13-26)20-31(38-32)24-35-22-25-10-4-1-5-11-25;1-3-2/h1-19,30-32H,20-24H2;1H,2H3. The summed E-state index contributed by atoms with van der Waals surface area (Å²) in [6.07, 6.45) is 5.20. The molecule has 42 heavy (non-hydrogen) atoms. The number of carbonyl (C=O) groups is 1. The fourth-order valence-electron chi connectivity index (χ4n) is 4.40. The average Bonchev–Trinajstić information content (AvgIpc) is 3.03. The molecule has 4 aromatic rings. The Balaban J connectivity index is 0.00000129. The first kappa shape index (κ1) is 30.5. The van der Waals surface area contributed by atoms with Crippen LogP contribution < -0.4 is 9.47 Å². The van der Waals surface area contributed by atoms with Crippen molar-refractivity contribution in [1.82, 2.24) is 0 Å². The fourth-order valence-corrected chi connectivity index (χ4v) is 4.40. The number of hydrogen-bond acceptors (Lipinski definition) is 6. The summed E-state index contributed by atoms with van der Waals surface area (Å²) in [5, 5.41) is 0. The van der Waals surface area contributed by atoms with Crippen LogP contribution in [-0.2, 0) is 27.4 Å². The minimum Gasteiger partial charge on any atom is -0.465 e. The molecular weight excluding hydrogens is 528 g/mol. The molecule has 1 fully saturated rings. The zero-order valence-corrected chi connectivity index (χ0v) is 23.8. The number of benzene rings is 4. The summed E-state index contributed by atoms with van der Waals surface area (Å²) in [5.41, 5.74) is 2.74. The Bertz CT molecular complexity index is 1370. The molecule has 6 nitrogen and oxygen atoms in total. The summed E-state index contributed by atoms with van der Waals surface area (Å²) in [6.45, 7) is 3.14. The van der Waals surface area contributed by atoms with Gasteiger partial charge >= 0.3 is 5.97 Å². The van der Waals surface area contributed by atoms with Crippen LogP contribution in [0.1, 0.15) is 41.3 Å². The molecule has 6 heteroatoms. The summed E-state index contributed by atoms with van der Waals surface area (Å²) in [7, 11) is 0. The van der Waals surface area contributed by atoms with Crippen molar-refractivity contribution in [3.8, 4) is 23.8 Å². The Kier molecular flexibility index (Phi) is 12.2. The molecule has 4 aromatic carbocycles.